The van der Waals surface area contributed by atoms with Crippen LogP contribution in [0.1, 0.15) is 19.8 Å². The Morgan fingerprint density at radius 2 is 2.10 bits per heavy atom. The number of rotatable bonds is 5. The Labute approximate surface area is 128 Å². The van der Waals surface area contributed by atoms with Crippen LogP contribution in [0.25, 0.3) is 11.4 Å². The molecule has 0 fully saturated rings. The number of nitrogens with one attached hydrogen (secondary N) is 1. The number of amides is 1. The van der Waals surface area contributed by atoms with E-state index < -0.39 is 6.04 Å². The minimum atomic E-state index is -0.492. The van der Waals surface area contributed by atoms with Gasteiger partial charge in [0, 0.05) is 17.1 Å². The van der Waals surface area contributed by atoms with E-state index in [0.29, 0.717) is 17.4 Å². The monoisotopic (exact) mass is 312 g/mol. The van der Waals surface area contributed by atoms with Crippen LogP contribution in [-0.4, -0.2) is 21.3 Å². The molecule has 0 spiro atoms. The molecular weight excluding hydrogens is 296 g/mol. The van der Waals surface area contributed by atoms with Crippen molar-refractivity contribution in [1.29, 1.82) is 0 Å². The summed E-state index contributed by atoms with van der Waals surface area (Å²) in [5.41, 5.74) is 6.67. The van der Waals surface area contributed by atoms with E-state index in [1.165, 1.54) is 0 Å². The van der Waals surface area contributed by atoms with E-state index in [-0.39, 0.29) is 18.3 Å². The van der Waals surface area contributed by atoms with Crippen molar-refractivity contribution in [2.45, 2.75) is 25.8 Å². The topological polar surface area (TPSA) is 80.9 Å². The molecule has 0 aliphatic carbocycles. The summed E-state index contributed by atoms with van der Waals surface area (Å²) >= 11 is 1.16. The predicted octanol–water partition coefficient (Wildman–Crippen LogP) is 2.69. The summed E-state index contributed by atoms with van der Waals surface area (Å²) in [6, 6.07) is 9.14. The highest BCUT2D eigenvalue weighted by Crippen LogP contribution is 2.20. The summed E-state index contributed by atoms with van der Waals surface area (Å²) in [4.78, 5) is 16.0. The van der Waals surface area contributed by atoms with Gasteiger partial charge in [0.1, 0.15) is 0 Å². The van der Waals surface area contributed by atoms with Crippen LogP contribution in [0.3, 0.4) is 0 Å². The Kier molecular flexibility index (Phi) is 6.57. The van der Waals surface area contributed by atoms with Gasteiger partial charge in [0.15, 0.2) is 5.82 Å². The Balaban J connectivity index is 0.00000200. The molecule has 1 atom stereocenters. The number of nitrogens with zero attached hydrogens (tertiary/aromatic N) is 2. The van der Waals surface area contributed by atoms with E-state index in [1.807, 2.05) is 37.3 Å². The first-order valence-corrected chi connectivity index (χ1v) is 6.93. The predicted molar refractivity (Wildman–Crippen MR) is 84.1 cm³/mol. The van der Waals surface area contributed by atoms with Gasteiger partial charge in [-0.25, -0.2) is 0 Å². The Morgan fingerprint density at radius 1 is 1.40 bits per heavy atom. The van der Waals surface area contributed by atoms with Crippen molar-refractivity contribution < 1.29 is 4.79 Å². The van der Waals surface area contributed by atoms with Gasteiger partial charge in [0.2, 0.25) is 11.0 Å². The molecule has 3 N–H and O–H groups in total. The van der Waals surface area contributed by atoms with E-state index in [0.717, 1.165) is 23.5 Å². The zero-order valence-corrected chi connectivity index (χ0v) is 12.7. The third-order valence-corrected chi connectivity index (χ3v) is 3.26. The standard InChI is InChI=1S/C13H16N4OS.ClH/c1-2-6-10(14)12(18)16-13-15-11(17-19-13)9-7-4-3-5-8-9;/h3-5,7-8,10H,2,6,14H2,1H3,(H,15,16,17,18);1H. The molecule has 0 radical (unpaired) electrons. The number of hydrogen-bond donors (Lipinski definition) is 2. The molecule has 0 saturated carbocycles. The van der Waals surface area contributed by atoms with Crippen LogP contribution in [0.2, 0.25) is 0 Å². The number of nitrogens with two attached hydrogens (primary N) is 1. The molecule has 0 saturated heterocycles. The average Bonchev–Trinajstić information content (AvgIpc) is 2.88. The highest BCUT2D eigenvalue weighted by molar-refractivity contribution is 7.10. The normalized spacial score (nSPS) is 11.5. The van der Waals surface area contributed by atoms with Crippen LogP contribution in [0.5, 0.6) is 0 Å². The van der Waals surface area contributed by atoms with Gasteiger partial charge < -0.3 is 5.73 Å². The number of benzene rings is 1. The molecule has 5 nitrogen and oxygen atoms in total. The van der Waals surface area contributed by atoms with Crippen molar-refractivity contribution in [3.05, 3.63) is 30.3 Å². The summed E-state index contributed by atoms with van der Waals surface area (Å²) in [5.74, 6) is 0.405. The number of carbonyl (C=O) groups excluding carboxylic acids is 1. The van der Waals surface area contributed by atoms with E-state index in [9.17, 15) is 4.79 Å². The molecule has 0 aliphatic heterocycles. The summed E-state index contributed by atoms with van der Waals surface area (Å²) in [6.07, 6.45) is 1.54. The summed E-state index contributed by atoms with van der Waals surface area (Å²) in [7, 11) is 0. The van der Waals surface area contributed by atoms with Crippen molar-refractivity contribution in [1.82, 2.24) is 9.36 Å². The minimum absolute atomic E-state index is 0. The van der Waals surface area contributed by atoms with Gasteiger partial charge in [-0.1, -0.05) is 43.7 Å². The quantitative estimate of drug-likeness (QED) is 0.889. The lowest BCUT2D eigenvalue weighted by Crippen LogP contribution is -2.35. The molecule has 2 rings (SSSR count). The smallest absolute Gasteiger partial charge is 0.243 e. The van der Waals surface area contributed by atoms with Crippen molar-refractivity contribution in [2.24, 2.45) is 5.73 Å². The fourth-order valence-corrected chi connectivity index (χ4v) is 2.21. The van der Waals surface area contributed by atoms with Crippen LogP contribution in [0.15, 0.2) is 30.3 Å². The summed E-state index contributed by atoms with van der Waals surface area (Å²) < 4.78 is 4.22. The third-order valence-electron chi connectivity index (χ3n) is 2.62. The molecule has 1 aromatic heterocycles. The number of halogens is 1. The second-order valence-corrected chi connectivity index (χ2v) is 4.93. The van der Waals surface area contributed by atoms with Gasteiger partial charge in [-0.15, -0.1) is 12.4 Å². The number of hydrogen-bond acceptors (Lipinski definition) is 5. The van der Waals surface area contributed by atoms with Crippen LogP contribution in [-0.2, 0) is 4.79 Å². The van der Waals surface area contributed by atoms with Crippen LogP contribution < -0.4 is 11.1 Å². The molecule has 7 heteroatoms. The largest absolute Gasteiger partial charge is 0.320 e. The maximum atomic E-state index is 11.8. The molecule has 1 amide bonds. The lowest BCUT2D eigenvalue weighted by molar-refractivity contribution is -0.117. The molecule has 0 aliphatic rings. The zero-order valence-electron chi connectivity index (χ0n) is 11.1. The average molecular weight is 313 g/mol. The summed E-state index contributed by atoms with van der Waals surface area (Å²) in [5, 5.41) is 3.18. The maximum absolute atomic E-state index is 11.8. The molecule has 20 heavy (non-hydrogen) atoms. The van der Waals surface area contributed by atoms with Crippen molar-refractivity contribution in [3.8, 4) is 11.4 Å². The third kappa shape index (κ3) is 4.26. The van der Waals surface area contributed by atoms with Gasteiger partial charge >= 0.3 is 0 Å². The first kappa shape index (κ1) is 16.6. The lowest BCUT2D eigenvalue weighted by Gasteiger charge is -2.08. The maximum Gasteiger partial charge on any atom is 0.243 e. The van der Waals surface area contributed by atoms with E-state index in [2.05, 4.69) is 14.7 Å². The number of anilines is 1. The van der Waals surface area contributed by atoms with Gasteiger partial charge in [-0.2, -0.15) is 9.36 Å². The first-order chi connectivity index (χ1) is 9.20. The molecule has 2 aromatic rings. The molecule has 1 unspecified atom stereocenters. The van der Waals surface area contributed by atoms with Crippen LogP contribution >= 0.6 is 23.9 Å². The molecule has 1 aromatic carbocycles. The van der Waals surface area contributed by atoms with Gasteiger partial charge in [-0.05, 0) is 6.42 Å². The fraction of sp³-hybridized carbons (Fsp3) is 0.308. The van der Waals surface area contributed by atoms with Crippen molar-refractivity contribution >= 4 is 35.0 Å². The fourth-order valence-electron chi connectivity index (χ4n) is 1.62. The summed E-state index contributed by atoms with van der Waals surface area (Å²) in [6.45, 7) is 1.99. The second kappa shape index (κ2) is 7.94. The van der Waals surface area contributed by atoms with Crippen molar-refractivity contribution in [2.75, 3.05) is 5.32 Å². The lowest BCUT2D eigenvalue weighted by atomic mass is 10.2. The van der Waals surface area contributed by atoms with Gasteiger partial charge in [0.05, 0.1) is 6.04 Å². The van der Waals surface area contributed by atoms with Crippen molar-refractivity contribution in [3.63, 3.8) is 0 Å². The van der Waals surface area contributed by atoms with Crippen LogP contribution in [0.4, 0.5) is 5.13 Å². The van der Waals surface area contributed by atoms with Gasteiger partial charge in [0.25, 0.3) is 0 Å². The molecule has 108 valence electrons. The van der Waals surface area contributed by atoms with Crippen LogP contribution in [0, 0.1) is 0 Å². The SMILES string of the molecule is CCCC(N)C(=O)Nc1nc(-c2ccccc2)ns1.Cl. The van der Waals surface area contributed by atoms with E-state index in [4.69, 9.17) is 5.73 Å². The molecule has 0 bridgehead atoms. The first-order valence-electron chi connectivity index (χ1n) is 6.16. The minimum Gasteiger partial charge on any atom is -0.320 e. The zero-order chi connectivity index (χ0) is 13.7. The highest BCUT2D eigenvalue weighted by Gasteiger charge is 2.15. The number of carbonyl (C=O) groups is 1. The molecular formula is C13H17ClN4OS. The Bertz CT molecular complexity index is 546. The molecule has 1 heterocycles. The highest BCUT2D eigenvalue weighted by atomic mass is 35.5. The Morgan fingerprint density at radius 3 is 2.75 bits per heavy atom. The Hall–Kier alpha value is -1.50. The second-order valence-electron chi connectivity index (χ2n) is 4.17. The van der Waals surface area contributed by atoms with E-state index in [1.54, 1.807) is 0 Å². The number of aromatic nitrogens is 2. The van der Waals surface area contributed by atoms with E-state index >= 15 is 0 Å². The van der Waals surface area contributed by atoms with Gasteiger partial charge in [-0.3, -0.25) is 10.1 Å².